The third-order valence-electron chi connectivity index (χ3n) is 5.15. The Hall–Kier alpha value is -1.03. The maximum absolute atomic E-state index is 12.1. The number of fused-ring (bicyclic) bond motifs is 2. The molecular formula is C16H24ClN3O. The highest BCUT2D eigenvalue weighted by Gasteiger charge is 2.39. The zero-order chi connectivity index (χ0) is 14.8. The number of rotatable bonds is 6. The average Bonchev–Trinajstić information content (AvgIpc) is 3.10. The zero-order valence-corrected chi connectivity index (χ0v) is 13.4. The fourth-order valence-electron chi connectivity index (χ4n) is 3.92. The van der Waals surface area contributed by atoms with Crippen LogP contribution in [0.5, 0.6) is 0 Å². The van der Waals surface area contributed by atoms with Gasteiger partial charge in [-0.15, -0.1) is 0 Å². The lowest BCUT2D eigenvalue weighted by Crippen LogP contribution is -2.26. The molecule has 2 saturated carbocycles. The Morgan fingerprint density at radius 3 is 2.95 bits per heavy atom. The van der Waals surface area contributed by atoms with Crippen molar-refractivity contribution in [3.8, 4) is 0 Å². The van der Waals surface area contributed by atoms with Gasteiger partial charge in [-0.1, -0.05) is 31.4 Å². The van der Waals surface area contributed by atoms with Crippen molar-refractivity contribution in [1.82, 2.24) is 9.78 Å². The predicted octanol–water partition coefficient (Wildman–Crippen LogP) is 3.54. The topological polar surface area (TPSA) is 46.9 Å². The van der Waals surface area contributed by atoms with Crippen molar-refractivity contribution in [3.63, 3.8) is 0 Å². The van der Waals surface area contributed by atoms with Crippen molar-refractivity contribution in [2.24, 2.45) is 17.8 Å². The lowest BCUT2D eigenvalue weighted by molar-refractivity contribution is 0.348. The number of hydrogen-bond donors (Lipinski definition) is 1. The highest BCUT2D eigenvalue weighted by Crippen LogP contribution is 2.48. The van der Waals surface area contributed by atoms with Gasteiger partial charge in [-0.2, -0.15) is 5.10 Å². The van der Waals surface area contributed by atoms with Gasteiger partial charge in [0.15, 0.2) is 0 Å². The van der Waals surface area contributed by atoms with E-state index in [4.69, 9.17) is 11.6 Å². The molecule has 5 heteroatoms. The fourth-order valence-corrected chi connectivity index (χ4v) is 4.14. The number of aromatic nitrogens is 2. The van der Waals surface area contributed by atoms with E-state index in [-0.39, 0.29) is 10.6 Å². The van der Waals surface area contributed by atoms with Crippen LogP contribution in [0, 0.1) is 17.8 Å². The minimum absolute atomic E-state index is 0.178. The van der Waals surface area contributed by atoms with Crippen molar-refractivity contribution in [3.05, 3.63) is 21.6 Å². The van der Waals surface area contributed by atoms with Crippen LogP contribution in [0.2, 0.25) is 5.02 Å². The molecular weight excluding hydrogens is 286 g/mol. The molecule has 3 rings (SSSR count). The predicted molar refractivity (Wildman–Crippen MR) is 85.8 cm³/mol. The Kier molecular flexibility index (Phi) is 4.53. The molecule has 1 aromatic heterocycles. The number of anilines is 1. The monoisotopic (exact) mass is 309 g/mol. The van der Waals surface area contributed by atoms with Gasteiger partial charge in [0.25, 0.3) is 5.56 Å². The number of nitrogens with zero attached hydrogens (tertiary/aromatic N) is 2. The SMILES string of the molecule is CCCCn1ncc(NCC2CC3CCC2C3)c(Cl)c1=O. The van der Waals surface area contributed by atoms with Crippen LogP contribution in [-0.4, -0.2) is 16.3 Å². The summed E-state index contributed by atoms with van der Waals surface area (Å²) in [5.74, 6) is 2.55. The molecule has 0 amide bonds. The molecule has 2 bridgehead atoms. The molecule has 21 heavy (non-hydrogen) atoms. The van der Waals surface area contributed by atoms with Crippen molar-refractivity contribution in [2.75, 3.05) is 11.9 Å². The van der Waals surface area contributed by atoms with Gasteiger partial charge < -0.3 is 5.32 Å². The van der Waals surface area contributed by atoms with E-state index in [1.165, 1.54) is 30.4 Å². The van der Waals surface area contributed by atoms with Gasteiger partial charge in [-0.25, -0.2) is 4.68 Å². The minimum Gasteiger partial charge on any atom is -0.382 e. The second-order valence-electron chi connectivity index (χ2n) is 6.57. The molecule has 4 nitrogen and oxygen atoms in total. The lowest BCUT2D eigenvalue weighted by atomic mass is 9.89. The molecule has 0 spiro atoms. The molecule has 3 unspecified atom stereocenters. The summed E-state index contributed by atoms with van der Waals surface area (Å²) in [6.07, 6.45) is 9.20. The Morgan fingerprint density at radius 2 is 2.29 bits per heavy atom. The third kappa shape index (κ3) is 3.10. The largest absolute Gasteiger partial charge is 0.382 e. The standard InChI is InChI=1S/C16H24ClN3O/c1-2-3-6-20-16(21)15(17)14(10-19-20)18-9-13-8-11-4-5-12(13)7-11/h10-13,18H,2-9H2,1H3. The molecule has 2 aliphatic rings. The van der Waals surface area contributed by atoms with Crippen LogP contribution >= 0.6 is 11.6 Å². The van der Waals surface area contributed by atoms with Gasteiger partial charge in [0, 0.05) is 13.1 Å². The van der Waals surface area contributed by atoms with Gasteiger partial charge in [0.2, 0.25) is 0 Å². The molecule has 0 radical (unpaired) electrons. The molecule has 0 saturated heterocycles. The van der Waals surface area contributed by atoms with Gasteiger partial charge in [0.1, 0.15) is 5.02 Å². The summed E-state index contributed by atoms with van der Waals surface area (Å²) in [5, 5.41) is 7.86. The van der Waals surface area contributed by atoms with Gasteiger partial charge in [-0.3, -0.25) is 4.79 Å². The first-order valence-electron chi connectivity index (χ1n) is 8.18. The molecule has 116 valence electrons. The van der Waals surface area contributed by atoms with E-state index >= 15 is 0 Å². The van der Waals surface area contributed by atoms with Crippen molar-refractivity contribution < 1.29 is 0 Å². The first kappa shape index (κ1) is 14.9. The van der Waals surface area contributed by atoms with Crippen LogP contribution < -0.4 is 10.9 Å². The summed E-state index contributed by atoms with van der Waals surface area (Å²) >= 11 is 6.21. The molecule has 2 aliphatic carbocycles. The van der Waals surface area contributed by atoms with Crippen molar-refractivity contribution >= 4 is 17.3 Å². The maximum atomic E-state index is 12.1. The Balaban J connectivity index is 1.63. The molecule has 1 heterocycles. The number of halogens is 1. The first-order chi connectivity index (χ1) is 10.2. The van der Waals surface area contributed by atoms with E-state index in [0.29, 0.717) is 12.2 Å². The zero-order valence-electron chi connectivity index (χ0n) is 12.6. The summed E-state index contributed by atoms with van der Waals surface area (Å²) in [5.41, 5.74) is 0.514. The molecule has 1 aromatic rings. The molecule has 0 aliphatic heterocycles. The maximum Gasteiger partial charge on any atom is 0.287 e. The van der Waals surface area contributed by atoms with E-state index in [1.807, 2.05) is 0 Å². The fraction of sp³-hybridized carbons (Fsp3) is 0.750. The van der Waals surface area contributed by atoms with Gasteiger partial charge >= 0.3 is 0 Å². The lowest BCUT2D eigenvalue weighted by Gasteiger charge is -2.22. The highest BCUT2D eigenvalue weighted by molar-refractivity contribution is 6.32. The first-order valence-corrected chi connectivity index (χ1v) is 8.56. The summed E-state index contributed by atoms with van der Waals surface area (Å²) in [4.78, 5) is 12.1. The number of unbranched alkanes of at least 4 members (excludes halogenated alkanes) is 1. The average molecular weight is 310 g/mol. The highest BCUT2D eigenvalue weighted by atomic mass is 35.5. The third-order valence-corrected chi connectivity index (χ3v) is 5.51. The summed E-state index contributed by atoms with van der Waals surface area (Å²) < 4.78 is 1.47. The van der Waals surface area contributed by atoms with Crippen LogP contribution in [-0.2, 0) is 6.54 Å². The Labute approximate surface area is 130 Å². The smallest absolute Gasteiger partial charge is 0.287 e. The Bertz CT molecular complexity index is 557. The van der Waals surface area contributed by atoms with Crippen molar-refractivity contribution in [2.45, 2.75) is 52.0 Å². The van der Waals surface area contributed by atoms with Gasteiger partial charge in [0.05, 0.1) is 11.9 Å². The van der Waals surface area contributed by atoms with E-state index in [0.717, 1.165) is 37.1 Å². The van der Waals surface area contributed by atoms with Crippen LogP contribution in [0.3, 0.4) is 0 Å². The van der Waals surface area contributed by atoms with Crippen molar-refractivity contribution in [1.29, 1.82) is 0 Å². The van der Waals surface area contributed by atoms with E-state index in [2.05, 4.69) is 17.3 Å². The normalized spacial score (nSPS) is 27.2. The summed E-state index contributed by atoms with van der Waals surface area (Å²) in [7, 11) is 0. The quantitative estimate of drug-likeness (QED) is 0.874. The van der Waals surface area contributed by atoms with Crippen LogP contribution in [0.25, 0.3) is 0 Å². The minimum atomic E-state index is -0.178. The number of nitrogens with one attached hydrogen (secondary N) is 1. The van der Waals surface area contributed by atoms with E-state index < -0.39 is 0 Å². The van der Waals surface area contributed by atoms with Crippen LogP contribution in [0.1, 0.15) is 45.4 Å². The molecule has 3 atom stereocenters. The van der Waals surface area contributed by atoms with Crippen LogP contribution in [0.4, 0.5) is 5.69 Å². The second kappa shape index (κ2) is 6.39. The molecule has 2 fully saturated rings. The Morgan fingerprint density at radius 1 is 1.43 bits per heavy atom. The van der Waals surface area contributed by atoms with Crippen LogP contribution in [0.15, 0.2) is 11.0 Å². The molecule has 0 aromatic carbocycles. The summed E-state index contributed by atoms with van der Waals surface area (Å²) in [6.45, 7) is 3.65. The van der Waals surface area contributed by atoms with E-state index in [1.54, 1.807) is 6.20 Å². The van der Waals surface area contributed by atoms with Gasteiger partial charge in [-0.05, 0) is 43.4 Å². The number of aryl methyl sites for hydroxylation is 1. The second-order valence-corrected chi connectivity index (χ2v) is 6.95. The summed E-state index contributed by atoms with van der Waals surface area (Å²) in [6, 6.07) is 0. The van der Waals surface area contributed by atoms with E-state index in [9.17, 15) is 4.79 Å². The molecule has 1 N–H and O–H groups in total. The number of hydrogen-bond acceptors (Lipinski definition) is 3.